The van der Waals surface area contributed by atoms with Gasteiger partial charge in [-0.1, -0.05) is 6.07 Å². The normalized spacial score (nSPS) is 10.2. The highest BCUT2D eigenvalue weighted by Gasteiger charge is 2.21. The lowest BCUT2D eigenvalue weighted by Crippen LogP contribution is -2.44. The molecule has 0 aliphatic heterocycles. The zero-order chi connectivity index (χ0) is 20.0. The van der Waals surface area contributed by atoms with E-state index in [0.717, 1.165) is 0 Å². The van der Waals surface area contributed by atoms with Crippen LogP contribution in [-0.2, 0) is 11.3 Å². The molecule has 0 radical (unpaired) electrons. The highest BCUT2D eigenvalue weighted by molar-refractivity contribution is 7.80. The largest absolute Gasteiger partial charge is 0.497 e. The molecule has 0 aliphatic carbocycles. The van der Waals surface area contributed by atoms with Gasteiger partial charge in [-0.3, -0.25) is 30.4 Å². The highest BCUT2D eigenvalue weighted by atomic mass is 32.1. The smallest absolute Gasteiger partial charge is 0.312 e. The van der Waals surface area contributed by atoms with Gasteiger partial charge in [-0.05, 0) is 38.2 Å². The minimum Gasteiger partial charge on any atom is -0.497 e. The fraction of sp³-hybridized carbons (Fsp3) is 0.312. The van der Waals surface area contributed by atoms with Crippen LogP contribution >= 0.6 is 12.2 Å². The summed E-state index contributed by atoms with van der Waals surface area (Å²) in [6.07, 6.45) is 0.0773. The molecule has 144 valence electrons. The number of carbonyl (C=O) groups excluding carboxylic acids is 1. The van der Waals surface area contributed by atoms with Gasteiger partial charge in [0.05, 0.1) is 18.6 Å². The molecular formula is C16H20N6O4S. The van der Waals surface area contributed by atoms with Crippen LogP contribution in [0.1, 0.15) is 17.8 Å². The number of ether oxygens (including phenoxy) is 1. The summed E-state index contributed by atoms with van der Waals surface area (Å²) in [4.78, 5) is 22.5. The van der Waals surface area contributed by atoms with E-state index in [2.05, 4.69) is 21.3 Å². The van der Waals surface area contributed by atoms with E-state index in [9.17, 15) is 14.9 Å². The van der Waals surface area contributed by atoms with Crippen molar-refractivity contribution in [2.45, 2.75) is 26.8 Å². The molecule has 1 aromatic heterocycles. The Morgan fingerprint density at radius 2 is 2.11 bits per heavy atom. The number of nitrogens with zero attached hydrogens (tertiary/aromatic N) is 3. The van der Waals surface area contributed by atoms with Gasteiger partial charge in [0.1, 0.15) is 17.1 Å². The first-order chi connectivity index (χ1) is 12.8. The third kappa shape index (κ3) is 5.38. The summed E-state index contributed by atoms with van der Waals surface area (Å²) in [5.41, 5.74) is 6.47. The van der Waals surface area contributed by atoms with Gasteiger partial charge in [-0.2, -0.15) is 5.10 Å². The first-order valence-electron chi connectivity index (χ1n) is 8.00. The quantitative estimate of drug-likeness (QED) is 0.386. The molecule has 2 rings (SSSR count). The maximum atomic E-state index is 12.0. The molecule has 1 heterocycles. The Labute approximate surface area is 161 Å². The first kappa shape index (κ1) is 20.1. The molecule has 11 heteroatoms. The number of methoxy groups -OCH3 is 1. The second-order valence-corrected chi connectivity index (χ2v) is 6.02. The molecule has 0 aliphatic rings. The van der Waals surface area contributed by atoms with Crippen LogP contribution < -0.4 is 20.9 Å². The number of hydrogen-bond acceptors (Lipinski definition) is 6. The number of carbonyl (C=O) groups is 1. The molecule has 0 fully saturated rings. The van der Waals surface area contributed by atoms with Gasteiger partial charge in [0.25, 0.3) is 0 Å². The van der Waals surface area contributed by atoms with Crippen LogP contribution in [0.4, 0.5) is 11.4 Å². The van der Waals surface area contributed by atoms with E-state index in [0.29, 0.717) is 22.8 Å². The third-order valence-corrected chi connectivity index (χ3v) is 3.92. The van der Waals surface area contributed by atoms with E-state index in [1.165, 1.54) is 4.68 Å². The van der Waals surface area contributed by atoms with Gasteiger partial charge < -0.3 is 10.1 Å². The fourth-order valence-corrected chi connectivity index (χ4v) is 2.60. The van der Waals surface area contributed by atoms with Gasteiger partial charge in [0, 0.05) is 18.2 Å². The number of hydrazine groups is 1. The van der Waals surface area contributed by atoms with E-state index in [4.69, 9.17) is 17.0 Å². The van der Waals surface area contributed by atoms with Crippen LogP contribution in [0.25, 0.3) is 0 Å². The van der Waals surface area contributed by atoms with Crippen molar-refractivity contribution < 1.29 is 14.5 Å². The standard InChI is InChI=1S/C16H20N6O4S/c1-10-15(22(24)25)11(2)21(20-10)8-7-14(23)18-19-16(27)17-12-5-4-6-13(9-12)26-3/h4-6,9H,7-8H2,1-3H3,(H,18,23)(H2,17,19,27). The number of nitro groups is 1. The number of thiocarbonyl (C=S) groups is 1. The zero-order valence-electron chi connectivity index (χ0n) is 15.1. The molecular weight excluding hydrogens is 372 g/mol. The zero-order valence-corrected chi connectivity index (χ0v) is 15.9. The van der Waals surface area contributed by atoms with E-state index >= 15 is 0 Å². The minimum atomic E-state index is -0.474. The van der Waals surface area contributed by atoms with Crippen molar-refractivity contribution in [1.29, 1.82) is 0 Å². The molecule has 3 N–H and O–H groups in total. The van der Waals surface area contributed by atoms with Crippen molar-refractivity contribution in [2.75, 3.05) is 12.4 Å². The summed E-state index contributed by atoms with van der Waals surface area (Å²) in [7, 11) is 1.56. The Morgan fingerprint density at radius 1 is 1.37 bits per heavy atom. The van der Waals surface area contributed by atoms with E-state index in [1.54, 1.807) is 45.2 Å². The van der Waals surface area contributed by atoms with E-state index < -0.39 is 4.92 Å². The molecule has 1 aromatic carbocycles. The number of rotatable bonds is 6. The Bertz CT molecular complexity index is 867. The summed E-state index contributed by atoms with van der Waals surface area (Å²) in [5, 5.41) is 18.2. The lowest BCUT2D eigenvalue weighted by Gasteiger charge is -2.12. The van der Waals surface area contributed by atoms with Crippen molar-refractivity contribution in [1.82, 2.24) is 20.6 Å². The van der Waals surface area contributed by atoms with E-state index in [1.807, 2.05) is 0 Å². The van der Waals surface area contributed by atoms with Gasteiger partial charge in [0.2, 0.25) is 5.91 Å². The van der Waals surface area contributed by atoms with Crippen molar-refractivity contribution >= 4 is 34.6 Å². The molecule has 2 aromatic rings. The van der Waals surface area contributed by atoms with Crippen molar-refractivity contribution in [3.63, 3.8) is 0 Å². The summed E-state index contributed by atoms with van der Waals surface area (Å²) < 4.78 is 6.56. The summed E-state index contributed by atoms with van der Waals surface area (Å²) >= 11 is 5.11. The van der Waals surface area contributed by atoms with Crippen molar-refractivity contribution in [3.05, 3.63) is 45.8 Å². The third-order valence-electron chi connectivity index (χ3n) is 3.72. The molecule has 10 nitrogen and oxygen atoms in total. The van der Waals surface area contributed by atoms with Crippen molar-refractivity contribution in [3.8, 4) is 5.75 Å². The maximum Gasteiger partial charge on any atom is 0.312 e. The SMILES string of the molecule is COc1cccc(NC(=S)NNC(=O)CCn2nc(C)c([N+](=O)[O-])c2C)c1. The highest BCUT2D eigenvalue weighted by Crippen LogP contribution is 2.21. The summed E-state index contributed by atoms with van der Waals surface area (Å²) in [6.45, 7) is 3.37. The Balaban J connectivity index is 1.81. The number of nitrogens with one attached hydrogen (secondary N) is 3. The van der Waals surface area contributed by atoms with Crippen LogP contribution in [0.3, 0.4) is 0 Å². The molecule has 0 bridgehead atoms. The Hall–Kier alpha value is -3.21. The lowest BCUT2D eigenvalue weighted by atomic mass is 10.3. The molecule has 1 amide bonds. The van der Waals surface area contributed by atoms with Crippen LogP contribution in [0.2, 0.25) is 0 Å². The molecule has 0 spiro atoms. The Morgan fingerprint density at radius 3 is 2.74 bits per heavy atom. The van der Waals surface area contributed by atoms with Crippen LogP contribution in [0.15, 0.2) is 24.3 Å². The molecule has 27 heavy (non-hydrogen) atoms. The molecule has 0 unspecified atom stereocenters. The number of benzene rings is 1. The number of amides is 1. The first-order valence-corrected chi connectivity index (χ1v) is 8.41. The van der Waals surface area contributed by atoms with Gasteiger partial charge in [0.15, 0.2) is 5.11 Å². The number of aryl methyl sites for hydroxylation is 2. The Kier molecular flexibility index (Phi) is 6.66. The average molecular weight is 392 g/mol. The van der Waals surface area contributed by atoms with Crippen molar-refractivity contribution in [2.24, 2.45) is 0 Å². The van der Waals surface area contributed by atoms with Gasteiger partial charge in [-0.15, -0.1) is 0 Å². The molecule has 0 saturated heterocycles. The van der Waals surface area contributed by atoms with Crippen LogP contribution in [-0.4, -0.2) is 32.8 Å². The predicted molar refractivity (Wildman–Crippen MR) is 103 cm³/mol. The number of anilines is 1. The second-order valence-electron chi connectivity index (χ2n) is 5.61. The number of hydrogen-bond donors (Lipinski definition) is 3. The lowest BCUT2D eigenvalue weighted by molar-refractivity contribution is -0.386. The van der Waals surface area contributed by atoms with Crippen LogP contribution in [0, 0.1) is 24.0 Å². The summed E-state index contributed by atoms with van der Waals surface area (Å²) in [6, 6.07) is 7.16. The van der Waals surface area contributed by atoms with Crippen LogP contribution in [0.5, 0.6) is 5.75 Å². The second kappa shape index (κ2) is 8.94. The fourth-order valence-electron chi connectivity index (χ4n) is 2.43. The molecule has 0 atom stereocenters. The van der Waals surface area contributed by atoms with E-state index in [-0.39, 0.29) is 29.7 Å². The number of aromatic nitrogens is 2. The predicted octanol–water partition coefficient (Wildman–Crippen LogP) is 1.82. The van der Waals surface area contributed by atoms with Gasteiger partial charge in [-0.25, -0.2) is 0 Å². The minimum absolute atomic E-state index is 0.0304. The maximum absolute atomic E-state index is 12.0. The monoisotopic (exact) mass is 392 g/mol. The topological polar surface area (TPSA) is 123 Å². The van der Waals surface area contributed by atoms with Gasteiger partial charge >= 0.3 is 5.69 Å². The molecule has 0 saturated carbocycles. The average Bonchev–Trinajstić information content (AvgIpc) is 2.92. The summed E-state index contributed by atoms with van der Waals surface area (Å²) in [5.74, 6) is 0.339.